The maximum absolute atomic E-state index is 12.8. The third kappa shape index (κ3) is 4.79. The number of rotatable bonds is 7. The van der Waals surface area contributed by atoms with Gasteiger partial charge in [-0.05, 0) is 26.0 Å². The average Bonchev–Trinajstić information content (AvgIpc) is 3.09. The second kappa shape index (κ2) is 9.03. The zero-order valence-electron chi connectivity index (χ0n) is 15.6. The minimum Gasteiger partial charge on any atom is -0.369 e. The van der Waals surface area contributed by atoms with Gasteiger partial charge in [-0.2, -0.15) is 0 Å². The zero-order chi connectivity index (χ0) is 20.1. The van der Waals surface area contributed by atoms with Gasteiger partial charge >= 0.3 is 0 Å². The second-order valence-corrected chi connectivity index (χ2v) is 8.33. The molecule has 7 heteroatoms. The molecule has 3 aromatic rings. The van der Waals surface area contributed by atoms with E-state index < -0.39 is 5.91 Å². The van der Waals surface area contributed by atoms with Gasteiger partial charge in [0.1, 0.15) is 5.01 Å². The number of hydrogen-bond donors (Lipinski definition) is 2. The molecule has 28 heavy (non-hydrogen) atoms. The molecule has 0 radical (unpaired) electrons. The third-order valence-electron chi connectivity index (χ3n) is 4.10. The van der Waals surface area contributed by atoms with Crippen molar-refractivity contribution >= 4 is 34.9 Å². The van der Waals surface area contributed by atoms with Crippen LogP contribution in [-0.4, -0.2) is 22.6 Å². The van der Waals surface area contributed by atoms with E-state index in [1.54, 1.807) is 23.5 Å². The lowest BCUT2D eigenvalue weighted by molar-refractivity contribution is -0.115. The SMILES string of the molecule is Cc1nc(-c2ccccc2)sc1C(C)NC(=O)c1ccccc1SCC(N)=O. The van der Waals surface area contributed by atoms with Crippen molar-refractivity contribution in [2.24, 2.45) is 5.73 Å². The number of thioether (sulfide) groups is 1. The van der Waals surface area contributed by atoms with Gasteiger partial charge in [-0.25, -0.2) is 4.98 Å². The predicted octanol–water partition coefficient (Wildman–Crippen LogP) is 4.19. The Morgan fingerprint density at radius 3 is 2.54 bits per heavy atom. The molecule has 1 heterocycles. The van der Waals surface area contributed by atoms with E-state index >= 15 is 0 Å². The Morgan fingerprint density at radius 1 is 1.14 bits per heavy atom. The van der Waals surface area contributed by atoms with Crippen molar-refractivity contribution in [1.82, 2.24) is 10.3 Å². The Bertz CT molecular complexity index is 986. The molecule has 3 rings (SSSR count). The molecule has 0 saturated heterocycles. The van der Waals surface area contributed by atoms with E-state index in [0.29, 0.717) is 5.56 Å². The van der Waals surface area contributed by atoms with E-state index in [1.807, 2.05) is 56.3 Å². The Kier molecular flexibility index (Phi) is 6.49. The molecule has 0 aliphatic carbocycles. The normalized spacial score (nSPS) is 11.8. The van der Waals surface area contributed by atoms with Gasteiger partial charge in [0, 0.05) is 10.5 Å². The number of aryl methyl sites for hydroxylation is 1. The van der Waals surface area contributed by atoms with Crippen molar-refractivity contribution in [3.05, 3.63) is 70.7 Å². The number of amides is 2. The highest BCUT2D eigenvalue weighted by atomic mass is 32.2. The number of thiazole rings is 1. The van der Waals surface area contributed by atoms with Crippen LogP contribution in [0.2, 0.25) is 0 Å². The number of carbonyl (C=O) groups excluding carboxylic acids is 2. The maximum atomic E-state index is 12.8. The van der Waals surface area contributed by atoms with E-state index in [-0.39, 0.29) is 17.7 Å². The molecule has 1 atom stereocenters. The molecule has 0 aliphatic rings. The number of aromatic nitrogens is 1. The quantitative estimate of drug-likeness (QED) is 0.571. The van der Waals surface area contributed by atoms with Crippen molar-refractivity contribution in [2.45, 2.75) is 24.8 Å². The van der Waals surface area contributed by atoms with Crippen LogP contribution in [0, 0.1) is 6.92 Å². The summed E-state index contributed by atoms with van der Waals surface area (Å²) in [5.41, 5.74) is 7.73. The number of nitrogens with zero attached hydrogens (tertiary/aromatic N) is 1. The zero-order valence-corrected chi connectivity index (χ0v) is 17.3. The van der Waals surface area contributed by atoms with Crippen molar-refractivity contribution in [3.63, 3.8) is 0 Å². The lowest BCUT2D eigenvalue weighted by atomic mass is 10.2. The largest absolute Gasteiger partial charge is 0.369 e. The summed E-state index contributed by atoms with van der Waals surface area (Å²) in [4.78, 5) is 30.3. The lowest BCUT2D eigenvalue weighted by Gasteiger charge is -2.14. The summed E-state index contributed by atoms with van der Waals surface area (Å²) in [7, 11) is 0. The van der Waals surface area contributed by atoms with Crippen molar-refractivity contribution in [3.8, 4) is 10.6 Å². The van der Waals surface area contributed by atoms with Crippen LogP contribution in [0.15, 0.2) is 59.5 Å². The van der Waals surface area contributed by atoms with Crippen LogP contribution in [0.4, 0.5) is 0 Å². The fourth-order valence-electron chi connectivity index (χ4n) is 2.78. The van der Waals surface area contributed by atoms with Gasteiger partial charge in [-0.15, -0.1) is 23.1 Å². The van der Waals surface area contributed by atoms with Crippen LogP contribution >= 0.6 is 23.1 Å². The van der Waals surface area contributed by atoms with Crippen molar-refractivity contribution < 1.29 is 9.59 Å². The number of hydrogen-bond acceptors (Lipinski definition) is 5. The van der Waals surface area contributed by atoms with Gasteiger partial charge < -0.3 is 11.1 Å². The highest BCUT2D eigenvalue weighted by molar-refractivity contribution is 8.00. The van der Waals surface area contributed by atoms with E-state index in [9.17, 15) is 9.59 Å². The van der Waals surface area contributed by atoms with Crippen LogP contribution in [-0.2, 0) is 4.79 Å². The molecule has 0 aliphatic heterocycles. The lowest BCUT2D eigenvalue weighted by Crippen LogP contribution is -2.27. The Hall–Kier alpha value is -2.64. The van der Waals surface area contributed by atoms with Gasteiger partial charge in [-0.1, -0.05) is 42.5 Å². The number of nitrogens with two attached hydrogens (primary N) is 1. The Labute approximate surface area is 172 Å². The van der Waals surface area contributed by atoms with Crippen LogP contribution in [0.1, 0.15) is 33.9 Å². The first-order valence-electron chi connectivity index (χ1n) is 8.79. The third-order valence-corrected chi connectivity index (χ3v) is 6.58. The van der Waals surface area contributed by atoms with E-state index in [0.717, 1.165) is 26.0 Å². The van der Waals surface area contributed by atoms with E-state index in [1.165, 1.54) is 11.8 Å². The molecule has 5 nitrogen and oxygen atoms in total. The molecule has 0 fully saturated rings. The summed E-state index contributed by atoms with van der Waals surface area (Å²) >= 11 is 2.85. The highest BCUT2D eigenvalue weighted by Gasteiger charge is 2.19. The molecule has 2 amide bonds. The van der Waals surface area contributed by atoms with Crippen LogP contribution in [0.25, 0.3) is 10.6 Å². The standard InChI is InChI=1S/C21H21N3O2S2/c1-13(19-14(2)24-21(28-19)15-8-4-3-5-9-15)23-20(26)16-10-6-7-11-17(16)27-12-18(22)25/h3-11,13H,12H2,1-2H3,(H2,22,25)(H,23,26). The Morgan fingerprint density at radius 2 is 1.82 bits per heavy atom. The van der Waals surface area contributed by atoms with Crippen LogP contribution < -0.4 is 11.1 Å². The average molecular weight is 412 g/mol. The molecular formula is C21H21N3O2S2. The fraction of sp³-hybridized carbons (Fsp3) is 0.190. The monoisotopic (exact) mass is 411 g/mol. The molecule has 1 aromatic heterocycles. The summed E-state index contributed by atoms with van der Waals surface area (Å²) in [5, 5.41) is 3.98. The minimum atomic E-state index is -0.415. The summed E-state index contributed by atoms with van der Waals surface area (Å²) in [6.07, 6.45) is 0. The van der Waals surface area contributed by atoms with Gasteiger partial charge in [0.15, 0.2) is 0 Å². The molecule has 2 aromatic carbocycles. The Balaban J connectivity index is 1.77. The smallest absolute Gasteiger partial charge is 0.252 e. The maximum Gasteiger partial charge on any atom is 0.252 e. The number of primary amides is 1. The molecule has 0 bridgehead atoms. The number of carbonyl (C=O) groups is 2. The molecule has 1 unspecified atom stereocenters. The topological polar surface area (TPSA) is 85.1 Å². The number of nitrogens with one attached hydrogen (secondary N) is 1. The van der Waals surface area contributed by atoms with E-state index in [4.69, 9.17) is 5.73 Å². The first-order chi connectivity index (χ1) is 13.5. The fourth-order valence-corrected chi connectivity index (χ4v) is 4.65. The summed E-state index contributed by atoms with van der Waals surface area (Å²) in [5.74, 6) is -0.467. The minimum absolute atomic E-state index is 0.133. The molecule has 144 valence electrons. The van der Waals surface area contributed by atoms with Gasteiger partial charge in [0.25, 0.3) is 5.91 Å². The van der Waals surface area contributed by atoms with Gasteiger partial charge in [0.05, 0.1) is 27.9 Å². The summed E-state index contributed by atoms with van der Waals surface area (Å²) in [6.45, 7) is 3.91. The first-order valence-corrected chi connectivity index (χ1v) is 10.6. The van der Waals surface area contributed by atoms with Crippen LogP contribution in [0.5, 0.6) is 0 Å². The summed E-state index contributed by atoms with van der Waals surface area (Å²) < 4.78 is 0. The second-order valence-electron chi connectivity index (χ2n) is 6.28. The highest BCUT2D eigenvalue weighted by Crippen LogP contribution is 2.32. The summed E-state index contributed by atoms with van der Waals surface area (Å²) in [6, 6.07) is 17.0. The predicted molar refractivity (Wildman–Crippen MR) is 115 cm³/mol. The molecule has 0 saturated carbocycles. The number of benzene rings is 2. The first kappa shape index (κ1) is 20.1. The van der Waals surface area contributed by atoms with Gasteiger partial charge in [-0.3, -0.25) is 9.59 Å². The van der Waals surface area contributed by atoms with Gasteiger partial charge in [0.2, 0.25) is 5.91 Å². The van der Waals surface area contributed by atoms with E-state index in [2.05, 4.69) is 10.3 Å². The molecule has 0 spiro atoms. The van der Waals surface area contributed by atoms with Crippen molar-refractivity contribution in [1.29, 1.82) is 0 Å². The van der Waals surface area contributed by atoms with Crippen LogP contribution in [0.3, 0.4) is 0 Å². The molecule has 3 N–H and O–H groups in total. The molecular weight excluding hydrogens is 390 g/mol. The van der Waals surface area contributed by atoms with Crippen molar-refractivity contribution in [2.75, 3.05) is 5.75 Å².